The first-order chi connectivity index (χ1) is 5.72. The molecule has 12 heavy (non-hydrogen) atoms. The van der Waals surface area contributed by atoms with Crippen molar-refractivity contribution in [2.45, 2.75) is 18.7 Å². The van der Waals surface area contributed by atoms with Crippen LogP contribution in [0.15, 0.2) is 24.3 Å². The van der Waals surface area contributed by atoms with Gasteiger partial charge in [-0.3, -0.25) is 0 Å². The molecule has 0 fully saturated rings. The quantitative estimate of drug-likeness (QED) is 0.657. The Bertz CT molecular complexity index is 228. The van der Waals surface area contributed by atoms with E-state index in [1.165, 1.54) is 5.56 Å². The van der Waals surface area contributed by atoms with E-state index in [1.54, 1.807) is 7.11 Å². The Morgan fingerprint density at radius 3 is 2.33 bits per heavy atom. The number of benzene rings is 1. The van der Waals surface area contributed by atoms with E-state index in [4.69, 9.17) is 16.3 Å². The molecule has 0 amide bonds. The van der Waals surface area contributed by atoms with Gasteiger partial charge >= 0.3 is 0 Å². The lowest BCUT2D eigenvalue weighted by Gasteiger charge is -2.04. The molecule has 0 aromatic heterocycles. The van der Waals surface area contributed by atoms with Crippen molar-refractivity contribution in [3.8, 4) is 5.75 Å². The molecule has 1 aromatic carbocycles. The fourth-order valence-electron chi connectivity index (χ4n) is 1.09. The minimum Gasteiger partial charge on any atom is -0.497 e. The van der Waals surface area contributed by atoms with Crippen LogP contribution in [0, 0.1) is 0 Å². The number of hydrogen-bond donors (Lipinski definition) is 0. The van der Waals surface area contributed by atoms with Crippen LogP contribution in [-0.2, 0) is 6.42 Å². The van der Waals surface area contributed by atoms with Crippen LogP contribution in [0.5, 0.6) is 5.75 Å². The Kier molecular flexibility index (Phi) is 3.42. The Morgan fingerprint density at radius 1 is 1.33 bits per heavy atom. The minimum absolute atomic E-state index is 0.193. The molecule has 1 rings (SSSR count). The highest BCUT2D eigenvalue weighted by molar-refractivity contribution is 6.20. The smallest absolute Gasteiger partial charge is 0.118 e. The van der Waals surface area contributed by atoms with Gasteiger partial charge in [0.2, 0.25) is 0 Å². The van der Waals surface area contributed by atoms with E-state index >= 15 is 0 Å². The second-order valence-electron chi connectivity index (χ2n) is 2.83. The molecule has 0 saturated carbocycles. The molecule has 1 nitrogen and oxygen atoms in total. The molecular formula is C10H13ClO. The van der Waals surface area contributed by atoms with E-state index in [1.807, 2.05) is 31.2 Å². The van der Waals surface area contributed by atoms with Gasteiger partial charge in [-0.1, -0.05) is 12.1 Å². The van der Waals surface area contributed by atoms with Crippen LogP contribution in [0.1, 0.15) is 12.5 Å². The molecule has 66 valence electrons. The van der Waals surface area contributed by atoms with Gasteiger partial charge in [0, 0.05) is 5.38 Å². The summed E-state index contributed by atoms with van der Waals surface area (Å²) in [5.74, 6) is 0.890. The van der Waals surface area contributed by atoms with Crippen molar-refractivity contribution >= 4 is 11.6 Å². The average molecular weight is 185 g/mol. The largest absolute Gasteiger partial charge is 0.497 e. The molecule has 0 heterocycles. The van der Waals surface area contributed by atoms with E-state index in [2.05, 4.69) is 0 Å². The van der Waals surface area contributed by atoms with Crippen LogP contribution < -0.4 is 4.74 Å². The lowest BCUT2D eigenvalue weighted by Crippen LogP contribution is -1.96. The van der Waals surface area contributed by atoms with Crippen LogP contribution in [0.3, 0.4) is 0 Å². The predicted octanol–water partition coefficient (Wildman–Crippen LogP) is 2.87. The summed E-state index contributed by atoms with van der Waals surface area (Å²) >= 11 is 5.85. The third kappa shape index (κ3) is 2.74. The van der Waals surface area contributed by atoms with Crippen LogP contribution >= 0.6 is 11.6 Å². The second kappa shape index (κ2) is 4.36. The summed E-state index contributed by atoms with van der Waals surface area (Å²) in [7, 11) is 1.67. The standard InChI is InChI=1S/C10H13ClO/c1-8(11)7-9-3-5-10(12-2)6-4-9/h3-6,8H,7H2,1-2H3/t8-/m0/s1. The third-order valence-electron chi connectivity index (χ3n) is 1.68. The van der Waals surface area contributed by atoms with Gasteiger partial charge in [0.25, 0.3) is 0 Å². The van der Waals surface area contributed by atoms with Crippen LogP contribution in [0.2, 0.25) is 0 Å². The van der Waals surface area contributed by atoms with Crippen LogP contribution in [0.4, 0.5) is 0 Å². The van der Waals surface area contributed by atoms with Gasteiger partial charge in [-0.25, -0.2) is 0 Å². The summed E-state index contributed by atoms with van der Waals surface area (Å²) in [6.45, 7) is 1.99. The van der Waals surface area contributed by atoms with Gasteiger partial charge in [0.05, 0.1) is 7.11 Å². The highest BCUT2D eigenvalue weighted by Gasteiger charge is 1.98. The first-order valence-corrected chi connectivity index (χ1v) is 4.43. The molecule has 1 aromatic rings. The Balaban J connectivity index is 2.65. The van der Waals surface area contributed by atoms with E-state index in [0.29, 0.717) is 0 Å². The number of methoxy groups -OCH3 is 1. The maximum absolute atomic E-state index is 5.85. The molecule has 0 saturated heterocycles. The van der Waals surface area contributed by atoms with Gasteiger partial charge in [-0.2, -0.15) is 0 Å². The molecule has 0 unspecified atom stereocenters. The van der Waals surface area contributed by atoms with Crippen molar-refractivity contribution in [3.05, 3.63) is 29.8 Å². The summed E-state index contributed by atoms with van der Waals surface area (Å²) in [6.07, 6.45) is 0.908. The fourth-order valence-corrected chi connectivity index (χ4v) is 1.26. The Hall–Kier alpha value is -0.690. The summed E-state index contributed by atoms with van der Waals surface area (Å²) in [6, 6.07) is 7.98. The molecule has 2 heteroatoms. The maximum atomic E-state index is 5.85. The molecule has 0 aliphatic rings. The van der Waals surface area contributed by atoms with E-state index in [-0.39, 0.29) is 5.38 Å². The molecule has 0 bridgehead atoms. The number of alkyl halides is 1. The summed E-state index contributed by atoms with van der Waals surface area (Å²) < 4.78 is 5.04. The minimum atomic E-state index is 0.193. The van der Waals surface area contributed by atoms with Gasteiger partial charge < -0.3 is 4.74 Å². The zero-order valence-electron chi connectivity index (χ0n) is 7.38. The normalized spacial score (nSPS) is 12.6. The lowest BCUT2D eigenvalue weighted by atomic mass is 10.1. The van der Waals surface area contributed by atoms with E-state index in [9.17, 15) is 0 Å². The van der Waals surface area contributed by atoms with Crippen LogP contribution in [0.25, 0.3) is 0 Å². The zero-order chi connectivity index (χ0) is 8.97. The number of rotatable bonds is 3. The van der Waals surface area contributed by atoms with Crippen LogP contribution in [-0.4, -0.2) is 12.5 Å². The predicted molar refractivity (Wildman–Crippen MR) is 52.0 cm³/mol. The molecule has 0 radical (unpaired) electrons. The molecule has 0 aliphatic heterocycles. The van der Waals surface area contributed by atoms with Crippen molar-refractivity contribution in [1.29, 1.82) is 0 Å². The summed E-state index contributed by atoms with van der Waals surface area (Å²) in [4.78, 5) is 0. The first kappa shape index (κ1) is 9.40. The first-order valence-electron chi connectivity index (χ1n) is 3.99. The molecule has 0 spiro atoms. The summed E-state index contributed by atoms with van der Waals surface area (Å²) in [5, 5.41) is 0.193. The highest BCUT2D eigenvalue weighted by atomic mass is 35.5. The van der Waals surface area contributed by atoms with Gasteiger partial charge in [0.1, 0.15) is 5.75 Å². The molecular weight excluding hydrogens is 172 g/mol. The van der Waals surface area contributed by atoms with E-state index in [0.717, 1.165) is 12.2 Å². The fraction of sp³-hybridized carbons (Fsp3) is 0.400. The highest BCUT2D eigenvalue weighted by Crippen LogP contribution is 2.13. The average Bonchev–Trinajstić information content (AvgIpc) is 2.05. The van der Waals surface area contributed by atoms with Crippen molar-refractivity contribution in [1.82, 2.24) is 0 Å². The van der Waals surface area contributed by atoms with Gasteiger partial charge in [0.15, 0.2) is 0 Å². The number of hydrogen-bond acceptors (Lipinski definition) is 1. The third-order valence-corrected chi connectivity index (χ3v) is 1.83. The van der Waals surface area contributed by atoms with Gasteiger partial charge in [-0.15, -0.1) is 11.6 Å². The number of halogens is 1. The van der Waals surface area contributed by atoms with Crippen molar-refractivity contribution in [2.24, 2.45) is 0 Å². The van der Waals surface area contributed by atoms with E-state index < -0.39 is 0 Å². The topological polar surface area (TPSA) is 9.23 Å². The van der Waals surface area contributed by atoms with Gasteiger partial charge in [-0.05, 0) is 31.0 Å². The van der Waals surface area contributed by atoms with Crippen molar-refractivity contribution in [2.75, 3.05) is 7.11 Å². The van der Waals surface area contributed by atoms with Crippen molar-refractivity contribution in [3.63, 3.8) is 0 Å². The molecule has 0 aliphatic carbocycles. The summed E-state index contributed by atoms with van der Waals surface area (Å²) in [5.41, 5.74) is 1.25. The monoisotopic (exact) mass is 184 g/mol. The second-order valence-corrected chi connectivity index (χ2v) is 3.58. The lowest BCUT2D eigenvalue weighted by molar-refractivity contribution is 0.414. The maximum Gasteiger partial charge on any atom is 0.118 e. The SMILES string of the molecule is COc1ccc(C[C@H](C)Cl)cc1. The zero-order valence-corrected chi connectivity index (χ0v) is 8.14. The Labute approximate surface area is 78.3 Å². The number of ether oxygens (including phenoxy) is 1. The Morgan fingerprint density at radius 2 is 1.92 bits per heavy atom. The molecule has 0 N–H and O–H groups in total. The van der Waals surface area contributed by atoms with Crippen molar-refractivity contribution < 1.29 is 4.74 Å². The molecule has 1 atom stereocenters.